The maximum atomic E-state index is 4.52. The minimum absolute atomic E-state index is 0.683. The first kappa shape index (κ1) is 15.4. The van der Waals surface area contributed by atoms with Gasteiger partial charge in [0.15, 0.2) is 5.82 Å². The molecule has 0 saturated carbocycles. The normalized spacial score (nSPS) is 25.2. The van der Waals surface area contributed by atoms with E-state index in [0.717, 1.165) is 55.7 Å². The fourth-order valence-corrected chi connectivity index (χ4v) is 5.22. The number of rotatable bonds is 2. The number of nitrogens with zero attached hydrogens (tertiary/aromatic N) is 6. The number of fused-ring (bicyclic) bond motifs is 2. The second-order valence-corrected chi connectivity index (χ2v) is 8.43. The van der Waals surface area contributed by atoms with E-state index >= 15 is 0 Å². The number of hydrogen-bond donors (Lipinski definition) is 0. The highest BCUT2D eigenvalue weighted by Crippen LogP contribution is 2.35. The molecule has 2 saturated heterocycles. The molecule has 0 spiro atoms. The van der Waals surface area contributed by atoms with Crippen LogP contribution in [-0.2, 0) is 12.2 Å². The van der Waals surface area contributed by atoms with Gasteiger partial charge in [0.2, 0.25) is 0 Å². The van der Waals surface area contributed by atoms with Crippen molar-refractivity contribution in [3.63, 3.8) is 0 Å². The Labute approximate surface area is 152 Å². The maximum absolute atomic E-state index is 4.52. The molecule has 2 unspecified atom stereocenters. The van der Waals surface area contributed by atoms with E-state index in [4.69, 9.17) is 0 Å². The third-order valence-corrected chi connectivity index (χ3v) is 6.62. The van der Waals surface area contributed by atoms with Gasteiger partial charge < -0.3 is 9.80 Å². The molecule has 0 aromatic carbocycles. The van der Waals surface area contributed by atoms with Crippen LogP contribution in [0.2, 0.25) is 0 Å². The molecular formula is C18H22N6S. The zero-order valence-electron chi connectivity index (χ0n) is 14.4. The van der Waals surface area contributed by atoms with Crippen LogP contribution in [0.4, 0.5) is 11.6 Å². The van der Waals surface area contributed by atoms with Crippen molar-refractivity contribution in [2.75, 3.05) is 41.7 Å². The summed E-state index contributed by atoms with van der Waals surface area (Å²) in [6, 6.07) is 4.37. The van der Waals surface area contributed by atoms with Crippen LogP contribution in [0.5, 0.6) is 0 Å². The number of anilines is 2. The fourth-order valence-electron chi connectivity index (χ4n) is 4.27. The van der Waals surface area contributed by atoms with Crippen LogP contribution < -0.4 is 9.80 Å². The Balaban J connectivity index is 1.29. The van der Waals surface area contributed by atoms with E-state index in [2.05, 4.69) is 42.1 Å². The van der Waals surface area contributed by atoms with E-state index in [1.165, 1.54) is 17.0 Å². The fraction of sp³-hybridized carbons (Fsp3) is 0.556. The number of aryl methyl sites for hydroxylation is 2. The monoisotopic (exact) mass is 354 g/mol. The number of aromatic nitrogens is 4. The second kappa shape index (κ2) is 6.12. The molecule has 25 heavy (non-hydrogen) atoms. The van der Waals surface area contributed by atoms with Crippen LogP contribution >= 0.6 is 11.8 Å². The van der Waals surface area contributed by atoms with E-state index in [-0.39, 0.29) is 0 Å². The molecule has 6 nitrogen and oxygen atoms in total. The molecule has 130 valence electrons. The van der Waals surface area contributed by atoms with Gasteiger partial charge in [-0.1, -0.05) is 0 Å². The largest absolute Gasteiger partial charge is 0.356 e. The molecule has 3 aliphatic heterocycles. The van der Waals surface area contributed by atoms with Crippen LogP contribution in [0.1, 0.15) is 17.0 Å². The van der Waals surface area contributed by atoms with Crippen molar-refractivity contribution in [2.24, 2.45) is 11.8 Å². The van der Waals surface area contributed by atoms with Crippen LogP contribution in [0, 0.1) is 18.8 Å². The summed E-state index contributed by atoms with van der Waals surface area (Å²) in [5.41, 5.74) is 3.62. The summed E-state index contributed by atoms with van der Waals surface area (Å²) in [7, 11) is 0. The van der Waals surface area contributed by atoms with Gasteiger partial charge in [0.25, 0.3) is 0 Å². The van der Waals surface area contributed by atoms with E-state index in [0.29, 0.717) is 11.8 Å². The Morgan fingerprint density at radius 3 is 2.48 bits per heavy atom. The lowest BCUT2D eigenvalue weighted by atomic mass is 10.0. The van der Waals surface area contributed by atoms with E-state index in [1.54, 1.807) is 6.33 Å². The minimum Gasteiger partial charge on any atom is -0.356 e. The molecular weight excluding hydrogens is 332 g/mol. The summed E-state index contributed by atoms with van der Waals surface area (Å²) >= 11 is 2.00. The van der Waals surface area contributed by atoms with E-state index in [9.17, 15) is 0 Å². The summed E-state index contributed by atoms with van der Waals surface area (Å²) in [6.45, 7) is 6.33. The van der Waals surface area contributed by atoms with Gasteiger partial charge in [-0.05, 0) is 24.3 Å². The third kappa shape index (κ3) is 2.84. The Morgan fingerprint density at radius 1 is 0.960 bits per heavy atom. The lowest BCUT2D eigenvalue weighted by molar-refractivity contribution is 0.533. The summed E-state index contributed by atoms with van der Waals surface area (Å²) in [5, 5.41) is 9.02. The molecule has 5 rings (SSSR count). The Bertz CT molecular complexity index is 783. The average molecular weight is 354 g/mol. The van der Waals surface area contributed by atoms with Crippen molar-refractivity contribution >= 4 is 23.4 Å². The Morgan fingerprint density at radius 2 is 1.72 bits per heavy atom. The van der Waals surface area contributed by atoms with Gasteiger partial charge in [-0.25, -0.2) is 9.97 Å². The highest BCUT2D eigenvalue weighted by atomic mass is 32.2. The predicted octanol–water partition coefficient (Wildman–Crippen LogP) is 1.94. The lowest BCUT2D eigenvalue weighted by Gasteiger charge is -2.24. The molecule has 0 bridgehead atoms. The molecule has 0 amide bonds. The van der Waals surface area contributed by atoms with Gasteiger partial charge in [-0.15, -0.1) is 5.10 Å². The summed E-state index contributed by atoms with van der Waals surface area (Å²) in [6.07, 6.45) is 2.73. The van der Waals surface area contributed by atoms with Crippen molar-refractivity contribution in [1.82, 2.24) is 20.2 Å². The number of hydrogen-bond acceptors (Lipinski definition) is 7. The van der Waals surface area contributed by atoms with Crippen LogP contribution in [0.25, 0.3) is 0 Å². The molecule has 0 radical (unpaired) electrons. The van der Waals surface area contributed by atoms with E-state index in [1.807, 2.05) is 18.7 Å². The smallest absolute Gasteiger partial charge is 0.151 e. The van der Waals surface area contributed by atoms with Crippen molar-refractivity contribution in [3.05, 3.63) is 35.4 Å². The van der Waals surface area contributed by atoms with E-state index < -0.39 is 0 Å². The minimum atomic E-state index is 0.683. The summed E-state index contributed by atoms with van der Waals surface area (Å²) in [5.74, 6) is 5.76. The Hall–Kier alpha value is -1.89. The topological polar surface area (TPSA) is 58.0 Å². The van der Waals surface area contributed by atoms with Crippen molar-refractivity contribution in [1.29, 1.82) is 0 Å². The van der Waals surface area contributed by atoms with Gasteiger partial charge in [0, 0.05) is 61.9 Å². The van der Waals surface area contributed by atoms with Crippen molar-refractivity contribution in [3.8, 4) is 0 Å². The highest BCUT2D eigenvalue weighted by molar-refractivity contribution is 7.98. The standard InChI is InChI=1S/C18H22N6S/c1-12-4-17(20-11-19-12)23-6-14-8-24(9-15(14)7-23)18-5-13-10-25-3-2-16(13)21-22-18/h4-5,11,14-15H,2-3,6-10H2,1H3. The molecule has 0 N–H and O–H groups in total. The maximum Gasteiger partial charge on any atom is 0.151 e. The summed E-state index contributed by atoms with van der Waals surface area (Å²) < 4.78 is 0. The zero-order chi connectivity index (χ0) is 16.8. The third-order valence-electron chi connectivity index (χ3n) is 5.61. The van der Waals surface area contributed by atoms with Gasteiger partial charge in [0.1, 0.15) is 12.1 Å². The van der Waals surface area contributed by atoms with Gasteiger partial charge in [-0.3, -0.25) is 0 Å². The molecule has 2 fully saturated rings. The molecule has 2 atom stereocenters. The van der Waals surface area contributed by atoms with Crippen LogP contribution in [0.3, 0.4) is 0 Å². The molecule has 2 aromatic rings. The first-order valence-corrected chi connectivity index (χ1v) is 10.1. The molecule has 2 aromatic heterocycles. The van der Waals surface area contributed by atoms with Crippen molar-refractivity contribution in [2.45, 2.75) is 19.1 Å². The molecule has 5 heterocycles. The zero-order valence-corrected chi connectivity index (χ0v) is 15.2. The average Bonchev–Trinajstić information content (AvgIpc) is 3.20. The highest BCUT2D eigenvalue weighted by Gasteiger charge is 2.41. The van der Waals surface area contributed by atoms with Gasteiger partial charge in [0.05, 0.1) is 5.69 Å². The molecule has 7 heteroatoms. The van der Waals surface area contributed by atoms with Gasteiger partial charge >= 0.3 is 0 Å². The molecule has 0 aliphatic carbocycles. The van der Waals surface area contributed by atoms with Crippen molar-refractivity contribution < 1.29 is 0 Å². The van der Waals surface area contributed by atoms with Crippen LogP contribution in [-0.4, -0.2) is 52.1 Å². The predicted molar refractivity (Wildman–Crippen MR) is 100 cm³/mol. The number of thioether (sulfide) groups is 1. The SMILES string of the molecule is Cc1cc(N2CC3CN(c4cc5c(nn4)CCSC5)CC3C2)ncn1. The molecule has 3 aliphatic rings. The first-order valence-electron chi connectivity index (χ1n) is 8.98. The Kier molecular flexibility index (Phi) is 3.77. The quantitative estimate of drug-likeness (QED) is 0.817. The second-order valence-electron chi connectivity index (χ2n) is 7.32. The van der Waals surface area contributed by atoms with Gasteiger partial charge in [-0.2, -0.15) is 16.9 Å². The summed E-state index contributed by atoms with van der Waals surface area (Å²) in [4.78, 5) is 13.5. The van der Waals surface area contributed by atoms with Crippen LogP contribution in [0.15, 0.2) is 18.5 Å². The first-order chi connectivity index (χ1) is 12.3. The lowest BCUT2D eigenvalue weighted by Crippen LogP contribution is -2.30.